The molecule has 2 atom stereocenters. The summed E-state index contributed by atoms with van der Waals surface area (Å²) >= 11 is 1.56. The quantitative estimate of drug-likeness (QED) is 0.787. The Hall–Kier alpha value is -0.450. The lowest BCUT2D eigenvalue weighted by atomic mass is 10.1. The SMILES string of the molecule is Cc1nc(C(O)C2CCCO2)cs1. The van der Waals surface area contributed by atoms with Crippen molar-refractivity contribution < 1.29 is 9.84 Å². The van der Waals surface area contributed by atoms with Crippen LogP contribution in [0.4, 0.5) is 0 Å². The van der Waals surface area contributed by atoms with Crippen LogP contribution in [0, 0.1) is 6.92 Å². The predicted molar refractivity (Wildman–Crippen MR) is 50.8 cm³/mol. The fraction of sp³-hybridized carbons (Fsp3) is 0.667. The summed E-state index contributed by atoms with van der Waals surface area (Å²) in [6.45, 7) is 2.71. The second-order valence-electron chi connectivity index (χ2n) is 3.29. The minimum absolute atomic E-state index is 0.0403. The Morgan fingerprint density at radius 1 is 1.77 bits per heavy atom. The summed E-state index contributed by atoms with van der Waals surface area (Å²) < 4.78 is 5.39. The Labute approximate surface area is 81.4 Å². The topological polar surface area (TPSA) is 42.4 Å². The molecule has 0 saturated carbocycles. The lowest BCUT2D eigenvalue weighted by molar-refractivity contribution is -0.00445. The standard InChI is InChI=1S/C9H13NO2S/c1-6-10-7(5-13-6)9(11)8-3-2-4-12-8/h5,8-9,11H,2-4H2,1H3. The van der Waals surface area contributed by atoms with Crippen molar-refractivity contribution in [1.29, 1.82) is 0 Å². The average Bonchev–Trinajstić information content (AvgIpc) is 2.72. The lowest BCUT2D eigenvalue weighted by Gasteiger charge is -2.14. The number of aliphatic hydroxyl groups is 1. The van der Waals surface area contributed by atoms with E-state index in [1.54, 1.807) is 11.3 Å². The zero-order chi connectivity index (χ0) is 9.26. The first-order chi connectivity index (χ1) is 6.27. The molecule has 1 fully saturated rings. The van der Waals surface area contributed by atoms with Crippen LogP contribution in [-0.2, 0) is 4.74 Å². The Balaban J connectivity index is 2.07. The predicted octanol–water partition coefficient (Wildman–Crippen LogP) is 1.66. The second-order valence-corrected chi connectivity index (χ2v) is 4.35. The van der Waals surface area contributed by atoms with E-state index in [9.17, 15) is 5.11 Å². The minimum Gasteiger partial charge on any atom is -0.384 e. The molecule has 1 aliphatic heterocycles. The molecule has 13 heavy (non-hydrogen) atoms. The van der Waals surface area contributed by atoms with Crippen LogP contribution in [0.3, 0.4) is 0 Å². The van der Waals surface area contributed by atoms with Gasteiger partial charge in [0.25, 0.3) is 0 Å². The summed E-state index contributed by atoms with van der Waals surface area (Å²) in [4.78, 5) is 4.24. The Bertz CT molecular complexity index is 281. The van der Waals surface area contributed by atoms with Crippen molar-refractivity contribution in [2.24, 2.45) is 0 Å². The van der Waals surface area contributed by atoms with Gasteiger partial charge in [0.15, 0.2) is 0 Å². The van der Waals surface area contributed by atoms with Crippen LogP contribution in [0.1, 0.15) is 29.6 Å². The summed E-state index contributed by atoms with van der Waals surface area (Å²) in [6.07, 6.45) is 1.41. The maximum atomic E-state index is 9.85. The fourth-order valence-electron chi connectivity index (χ4n) is 1.56. The van der Waals surface area contributed by atoms with E-state index in [0.29, 0.717) is 0 Å². The molecule has 0 spiro atoms. The smallest absolute Gasteiger partial charge is 0.123 e. The van der Waals surface area contributed by atoms with Gasteiger partial charge in [0.05, 0.1) is 16.8 Å². The molecule has 4 heteroatoms. The fourth-order valence-corrected chi connectivity index (χ4v) is 2.20. The van der Waals surface area contributed by atoms with Crippen molar-refractivity contribution in [3.63, 3.8) is 0 Å². The number of aromatic nitrogens is 1. The van der Waals surface area contributed by atoms with Gasteiger partial charge in [0.1, 0.15) is 6.10 Å². The zero-order valence-electron chi connectivity index (χ0n) is 7.56. The van der Waals surface area contributed by atoms with E-state index < -0.39 is 6.10 Å². The molecule has 1 aliphatic rings. The van der Waals surface area contributed by atoms with E-state index in [4.69, 9.17) is 4.74 Å². The number of hydrogen-bond acceptors (Lipinski definition) is 4. The van der Waals surface area contributed by atoms with Crippen molar-refractivity contribution in [2.45, 2.75) is 32.0 Å². The highest BCUT2D eigenvalue weighted by molar-refractivity contribution is 7.09. The van der Waals surface area contributed by atoms with Crippen molar-refractivity contribution in [2.75, 3.05) is 6.61 Å². The van der Waals surface area contributed by atoms with Gasteiger partial charge in [-0.2, -0.15) is 0 Å². The number of ether oxygens (including phenoxy) is 1. The van der Waals surface area contributed by atoms with Crippen LogP contribution < -0.4 is 0 Å². The second kappa shape index (κ2) is 3.74. The van der Waals surface area contributed by atoms with Crippen molar-refractivity contribution >= 4 is 11.3 Å². The number of rotatable bonds is 2. The third kappa shape index (κ3) is 1.90. The van der Waals surface area contributed by atoms with Crippen molar-refractivity contribution in [1.82, 2.24) is 4.98 Å². The van der Waals surface area contributed by atoms with E-state index in [1.165, 1.54) is 0 Å². The van der Waals surface area contributed by atoms with Gasteiger partial charge in [-0.1, -0.05) is 0 Å². The highest BCUT2D eigenvalue weighted by Crippen LogP contribution is 2.27. The molecule has 0 aliphatic carbocycles. The molecule has 1 aromatic heterocycles. The van der Waals surface area contributed by atoms with Crippen molar-refractivity contribution in [3.8, 4) is 0 Å². The van der Waals surface area contributed by atoms with Crippen LogP contribution >= 0.6 is 11.3 Å². The number of nitrogens with zero attached hydrogens (tertiary/aromatic N) is 1. The van der Waals surface area contributed by atoms with Gasteiger partial charge < -0.3 is 9.84 Å². The number of aryl methyl sites for hydroxylation is 1. The average molecular weight is 199 g/mol. The molecule has 3 nitrogen and oxygen atoms in total. The normalized spacial score (nSPS) is 24.9. The van der Waals surface area contributed by atoms with E-state index >= 15 is 0 Å². The van der Waals surface area contributed by atoms with Gasteiger partial charge in [0.2, 0.25) is 0 Å². The molecule has 0 aromatic carbocycles. The number of hydrogen-bond donors (Lipinski definition) is 1. The van der Waals surface area contributed by atoms with E-state index in [1.807, 2.05) is 12.3 Å². The number of thiazole rings is 1. The van der Waals surface area contributed by atoms with Crippen LogP contribution in [0.2, 0.25) is 0 Å². The summed E-state index contributed by atoms with van der Waals surface area (Å²) in [5.41, 5.74) is 0.759. The molecule has 0 amide bonds. The molecule has 72 valence electrons. The Kier molecular flexibility index (Phi) is 2.62. The summed E-state index contributed by atoms with van der Waals surface area (Å²) in [6, 6.07) is 0. The third-order valence-corrected chi connectivity index (χ3v) is 3.05. The molecule has 2 heterocycles. The van der Waals surface area contributed by atoms with Gasteiger partial charge in [-0.15, -0.1) is 11.3 Å². The maximum Gasteiger partial charge on any atom is 0.123 e. The summed E-state index contributed by atoms with van der Waals surface area (Å²) in [5.74, 6) is 0. The highest BCUT2D eigenvalue weighted by atomic mass is 32.1. The van der Waals surface area contributed by atoms with Gasteiger partial charge in [-0.3, -0.25) is 0 Å². The van der Waals surface area contributed by atoms with E-state index in [2.05, 4.69) is 4.98 Å². The van der Waals surface area contributed by atoms with Gasteiger partial charge in [0, 0.05) is 12.0 Å². The van der Waals surface area contributed by atoms with Gasteiger partial charge in [-0.25, -0.2) is 4.98 Å². The Morgan fingerprint density at radius 3 is 3.15 bits per heavy atom. The van der Waals surface area contributed by atoms with Gasteiger partial charge in [-0.05, 0) is 19.8 Å². The van der Waals surface area contributed by atoms with Crippen LogP contribution in [-0.4, -0.2) is 22.8 Å². The molecule has 1 N–H and O–H groups in total. The monoisotopic (exact) mass is 199 g/mol. The first-order valence-corrected chi connectivity index (χ1v) is 5.37. The molecular weight excluding hydrogens is 186 g/mol. The molecular formula is C9H13NO2S. The van der Waals surface area contributed by atoms with Crippen molar-refractivity contribution in [3.05, 3.63) is 16.1 Å². The minimum atomic E-state index is -0.535. The molecule has 1 saturated heterocycles. The number of aliphatic hydroxyl groups excluding tert-OH is 1. The molecule has 1 aromatic rings. The van der Waals surface area contributed by atoms with Gasteiger partial charge >= 0.3 is 0 Å². The van der Waals surface area contributed by atoms with Crippen LogP contribution in [0.25, 0.3) is 0 Å². The molecule has 0 bridgehead atoms. The lowest BCUT2D eigenvalue weighted by Crippen LogP contribution is -2.17. The Morgan fingerprint density at radius 2 is 2.62 bits per heavy atom. The maximum absolute atomic E-state index is 9.85. The third-order valence-electron chi connectivity index (χ3n) is 2.26. The largest absolute Gasteiger partial charge is 0.384 e. The molecule has 0 radical (unpaired) electrons. The zero-order valence-corrected chi connectivity index (χ0v) is 8.38. The summed E-state index contributed by atoms with van der Waals surface area (Å²) in [5, 5.41) is 12.7. The molecule has 2 rings (SSSR count). The van der Waals surface area contributed by atoms with Crippen LogP contribution in [0.15, 0.2) is 5.38 Å². The first-order valence-electron chi connectivity index (χ1n) is 4.49. The van der Waals surface area contributed by atoms with E-state index in [0.717, 1.165) is 30.2 Å². The van der Waals surface area contributed by atoms with Crippen LogP contribution in [0.5, 0.6) is 0 Å². The summed E-state index contributed by atoms with van der Waals surface area (Å²) in [7, 11) is 0. The first kappa shape index (κ1) is 9.12. The highest BCUT2D eigenvalue weighted by Gasteiger charge is 2.26. The molecule has 2 unspecified atom stereocenters. The van der Waals surface area contributed by atoms with E-state index in [-0.39, 0.29) is 6.10 Å².